The van der Waals surface area contributed by atoms with E-state index >= 15 is 0 Å². The van der Waals surface area contributed by atoms with Gasteiger partial charge in [0.2, 0.25) is 5.95 Å². The quantitative estimate of drug-likeness (QED) is 0.188. The van der Waals surface area contributed by atoms with Crippen molar-refractivity contribution in [2.45, 2.75) is 0 Å². The van der Waals surface area contributed by atoms with Crippen molar-refractivity contribution in [2.75, 3.05) is 0 Å². The summed E-state index contributed by atoms with van der Waals surface area (Å²) in [7, 11) is 0. The van der Waals surface area contributed by atoms with Crippen molar-refractivity contribution in [2.24, 2.45) is 0 Å². The molecule has 0 fully saturated rings. The Balaban J connectivity index is 1.23. The van der Waals surface area contributed by atoms with Gasteiger partial charge in [-0.2, -0.15) is 0 Å². The molecule has 242 valence electrons. The Kier molecular flexibility index (Phi) is 6.22. The zero-order chi connectivity index (χ0) is 34.2. The summed E-state index contributed by atoms with van der Waals surface area (Å²) in [5.41, 5.74) is 11.3. The summed E-state index contributed by atoms with van der Waals surface area (Å²) in [5.74, 6) is 0.645. The van der Waals surface area contributed by atoms with Crippen LogP contribution in [0, 0.1) is 0 Å². The molecule has 0 spiro atoms. The molecule has 4 nitrogen and oxygen atoms in total. The van der Waals surface area contributed by atoms with Gasteiger partial charge in [-0.3, -0.25) is 4.57 Å². The van der Waals surface area contributed by atoms with Crippen LogP contribution in [0.15, 0.2) is 180 Å². The monoisotopic (exact) mass is 663 g/mol. The van der Waals surface area contributed by atoms with Gasteiger partial charge in [0.1, 0.15) is 11.2 Å². The van der Waals surface area contributed by atoms with Crippen LogP contribution in [0.5, 0.6) is 0 Å². The summed E-state index contributed by atoms with van der Waals surface area (Å²) in [4.78, 5) is 10.7. The minimum atomic E-state index is 0.645. The van der Waals surface area contributed by atoms with Crippen molar-refractivity contribution in [3.05, 3.63) is 176 Å². The van der Waals surface area contributed by atoms with Crippen molar-refractivity contribution in [3.63, 3.8) is 0 Å². The van der Waals surface area contributed by atoms with Crippen LogP contribution in [-0.2, 0) is 0 Å². The van der Waals surface area contributed by atoms with Crippen molar-refractivity contribution >= 4 is 65.4 Å². The highest BCUT2D eigenvalue weighted by molar-refractivity contribution is 6.23. The van der Waals surface area contributed by atoms with Gasteiger partial charge in [0, 0.05) is 38.1 Å². The number of nitrogens with zero attached hydrogens (tertiary/aromatic N) is 3. The number of aromatic nitrogens is 3. The van der Waals surface area contributed by atoms with E-state index in [-0.39, 0.29) is 0 Å². The van der Waals surface area contributed by atoms with E-state index in [1.807, 2.05) is 24.3 Å². The van der Waals surface area contributed by atoms with E-state index < -0.39 is 0 Å². The van der Waals surface area contributed by atoms with Gasteiger partial charge in [-0.15, -0.1) is 0 Å². The lowest BCUT2D eigenvalue weighted by atomic mass is 9.95. The zero-order valence-corrected chi connectivity index (χ0v) is 28.0. The predicted molar refractivity (Wildman–Crippen MR) is 215 cm³/mol. The number of rotatable bonds is 4. The highest BCUT2D eigenvalue weighted by Crippen LogP contribution is 2.43. The highest BCUT2D eigenvalue weighted by Gasteiger charge is 2.22. The van der Waals surface area contributed by atoms with E-state index in [0.717, 1.165) is 82.8 Å². The number of hydrogen-bond acceptors (Lipinski definition) is 3. The van der Waals surface area contributed by atoms with Crippen molar-refractivity contribution in [1.82, 2.24) is 14.5 Å². The summed E-state index contributed by atoms with van der Waals surface area (Å²) in [6.45, 7) is 0. The summed E-state index contributed by atoms with van der Waals surface area (Å²) in [6.07, 6.45) is 0. The van der Waals surface area contributed by atoms with Crippen LogP contribution in [0.1, 0.15) is 0 Å². The third-order valence-electron chi connectivity index (χ3n) is 10.4. The second-order valence-electron chi connectivity index (χ2n) is 13.3. The smallest absolute Gasteiger partial charge is 0.235 e. The summed E-state index contributed by atoms with van der Waals surface area (Å²) >= 11 is 0. The SMILES string of the molecule is c1ccc(-c2nc(-n3c4ccc5ccccc5c4c4cccc(-c5cccc(-c6cccc7oc8ccccc8c67)c5)c43)nc3ccccc23)cc1. The number of furan rings is 1. The maximum atomic E-state index is 6.28. The first-order chi connectivity index (χ1) is 25.8. The Morgan fingerprint density at radius 3 is 1.98 bits per heavy atom. The van der Waals surface area contributed by atoms with Crippen molar-refractivity contribution in [1.29, 1.82) is 0 Å². The van der Waals surface area contributed by atoms with Crippen LogP contribution in [-0.4, -0.2) is 14.5 Å². The van der Waals surface area contributed by atoms with Crippen LogP contribution in [0.4, 0.5) is 0 Å². The van der Waals surface area contributed by atoms with E-state index in [2.05, 4.69) is 156 Å². The molecule has 0 aliphatic carbocycles. The van der Waals surface area contributed by atoms with Gasteiger partial charge < -0.3 is 4.42 Å². The minimum absolute atomic E-state index is 0.645. The number of fused-ring (bicyclic) bond motifs is 9. The van der Waals surface area contributed by atoms with Gasteiger partial charge >= 0.3 is 0 Å². The molecular weight excluding hydrogens is 635 g/mol. The average Bonchev–Trinajstić information content (AvgIpc) is 3.77. The largest absolute Gasteiger partial charge is 0.456 e. The van der Waals surface area contributed by atoms with E-state index in [1.54, 1.807) is 0 Å². The lowest BCUT2D eigenvalue weighted by Gasteiger charge is -2.14. The fraction of sp³-hybridized carbons (Fsp3) is 0. The molecule has 4 heteroatoms. The molecule has 11 rings (SSSR count). The van der Waals surface area contributed by atoms with E-state index in [0.29, 0.717) is 5.95 Å². The minimum Gasteiger partial charge on any atom is -0.456 e. The normalized spacial score (nSPS) is 11.8. The summed E-state index contributed by atoms with van der Waals surface area (Å²) in [6, 6.07) is 61.9. The second kappa shape index (κ2) is 11.2. The van der Waals surface area contributed by atoms with Gasteiger partial charge in [-0.05, 0) is 57.8 Å². The Hall–Kier alpha value is -7.04. The summed E-state index contributed by atoms with van der Waals surface area (Å²) in [5, 5.41) is 8.04. The molecule has 0 atom stereocenters. The molecule has 0 radical (unpaired) electrons. The molecule has 0 unspecified atom stereocenters. The molecule has 0 bridgehead atoms. The van der Waals surface area contributed by atoms with Gasteiger partial charge in [0.05, 0.1) is 22.2 Å². The van der Waals surface area contributed by atoms with Gasteiger partial charge in [0.25, 0.3) is 0 Å². The van der Waals surface area contributed by atoms with E-state index in [1.165, 1.54) is 16.2 Å². The highest BCUT2D eigenvalue weighted by atomic mass is 16.3. The molecule has 0 N–H and O–H groups in total. The Labute approximate surface area is 298 Å². The molecule has 3 heterocycles. The van der Waals surface area contributed by atoms with Crippen LogP contribution >= 0.6 is 0 Å². The first-order valence-corrected chi connectivity index (χ1v) is 17.6. The average molecular weight is 664 g/mol. The first kappa shape index (κ1) is 28.8. The topological polar surface area (TPSA) is 43.9 Å². The fourth-order valence-corrected chi connectivity index (χ4v) is 8.13. The third kappa shape index (κ3) is 4.28. The molecule has 0 amide bonds. The van der Waals surface area contributed by atoms with Gasteiger partial charge in [-0.1, -0.05) is 146 Å². The molecule has 0 saturated heterocycles. The second-order valence-corrected chi connectivity index (χ2v) is 13.3. The fourth-order valence-electron chi connectivity index (χ4n) is 8.13. The van der Waals surface area contributed by atoms with Crippen LogP contribution in [0.2, 0.25) is 0 Å². The summed E-state index contributed by atoms with van der Waals surface area (Å²) < 4.78 is 8.56. The molecule has 8 aromatic carbocycles. The molecular formula is C48H29N3O. The van der Waals surface area contributed by atoms with Crippen LogP contribution in [0.25, 0.3) is 105 Å². The Morgan fingerprint density at radius 1 is 0.423 bits per heavy atom. The molecule has 0 aliphatic rings. The Morgan fingerprint density at radius 2 is 1.08 bits per heavy atom. The van der Waals surface area contributed by atoms with Gasteiger partial charge in [-0.25, -0.2) is 9.97 Å². The molecule has 52 heavy (non-hydrogen) atoms. The third-order valence-corrected chi connectivity index (χ3v) is 10.4. The van der Waals surface area contributed by atoms with Crippen LogP contribution < -0.4 is 0 Å². The maximum absolute atomic E-state index is 6.28. The predicted octanol–water partition coefficient (Wildman–Crippen LogP) is 12.8. The molecule has 11 aromatic rings. The van der Waals surface area contributed by atoms with Gasteiger partial charge in [0.15, 0.2) is 0 Å². The number of benzene rings is 8. The first-order valence-electron chi connectivity index (χ1n) is 17.6. The maximum Gasteiger partial charge on any atom is 0.235 e. The van der Waals surface area contributed by atoms with Crippen LogP contribution in [0.3, 0.4) is 0 Å². The lowest BCUT2D eigenvalue weighted by Crippen LogP contribution is -2.04. The van der Waals surface area contributed by atoms with Crippen molar-refractivity contribution < 1.29 is 4.42 Å². The molecule has 0 aliphatic heterocycles. The zero-order valence-electron chi connectivity index (χ0n) is 28.0. The van der Waals surface area contributed by atoms with Crippen molar-refractivity contribution in [3.8, 4) is 39.5 Å². The molecule has 3 aromatic heterocycles. The lowest BCUT2D eigenvalue weighted by molar-refractivity contribution is 0.669. The Bertz CT molecular complexity index is 3190. The number of hydrogen-bond donors (Lipinski definition) is 0. The van der Waals surface area contributed by atoms with E-state index in [4.69, 9.17) is 14.4 Å². The standard InChI is InChI=1S/C48H29N3O/c1-2-14-31(15-3-1)46-37-19-6-8-24-40(37)49-48(50-46)51-41-28-27-30-13-4-5-18-34(30)44(41)39-23-11-22-36(47(39)51)33-17-10-16-32(29-33)35-21-12-26-43-45(35)38-20-7-9-25-42(38)52-43/h1-29H. The number of para-hydroxylation sites is 3. The molecule has 0 saturated carbocycles. The van der Waals surface area contributed by atoms with E-state index in [9.17, 15) is 0 Å².